The maximum Gasteiger partial charge on any atom is 0.0264 e. The Bertz CT molecular complexity index is 41.2. The van der Waals surface area contributed by atoms with Crippen molar-refractivity contribution in [3.05, 3.63) is 0 Å². The molecule has 0 N–H and O–H groups in total. The van der Waals surface area contributed by atoms with Crippen molar-refractivity contribution in [1.82, 2.24) is 0 Å². The van der Waals surface area contributed by atoms with Gasteiger partial charge in [-0.2, -0.15) is 0 Å². The first-order valence-electron chi connectivity index (χ1n) is 1.35. The van der Waals surface area contributed by atoms with Crippen molar-refractivity contribution < 1.29 is 0 Å². The lowest BCUT2D eigenvalue weighted by Crippen LogP contribution is -1.62. The molecule has 0 aromatic rings. The maximum absolute atomic E-state index is 2.40. The van der Waals surface area contributed by atoms with Crippen molar-refractivity contribution in [2.75, 3.05) is 0 Å². The molecule has 0 nitrogen and oxygen atoms in total. The predicted molar refractivity (Wildman–Crippen MR) is 29.5 cm³/mol. The van der Waals surface area contributed by atoms with Gasteiger partial charge in [-0.25, -0.2) is 0 Å². The van der Waals surface area contributed by atoms with Crippen LogP contribution in [0.5, 0.6) is 0 Å². The van der Waals surface area contributed by atoms with Gasteiger partial charge in [0.05, 0.1) is 0 Å². The van der Waals surface area contributed by atoms with Crippen molar-refractivity contribution in [2.24, 2.45) is 0 Å². The topological polar surface area (TPSA) is 0 Å². The van der Waals surface area contributed by atoms with E-state index in [0.29, 0.717) is 20.7 Å². The van der Waals surface area contributed by atoms with E-state index in [-0.39, 0.29) is 0 Å². The first-order valence-corrected chi connectivity index (χ1v) is 3.84. The molecule has 0 amide bonds. The fourth-order valence-electron chi connectivity index (χ4n) is 0.0727. The summed E-state index contributed by atoms with van der Waals surface area (Å²) in [4.78, 5) is 0. The minimum absolute atomic E-state index is 0.652. The molecule has 0 aliphatic carbocycles. The first kappa shape index (κ1) is 2.82. The molecule has 1 unspecified atom stereocenters. The van der Waals surface area contributed by atoms with E-state index in [1.165, 1.54) is 0 Å². The number of halogens is 1. The van der Waals surface area contributed by atoms with Crippen molar-refractivity contribution in [3.63, 3.8) is 0 Å². The van der Waals surface area contributed by atoms with Crippen LogP contribution in [0.4, 0.5) is 0 Å². The molecule has 0 aromatic heterocycles. The Morgan fingerprint density at radius 3 is 2.25 bits per heavy atom. The van der Waals surface area contributed by atoms with Gasteiger partial charge in [0.1, 0.15) is 0 Å². The fraction of sp³-hybridized carbons (Fsp3) is 0.667. The average Bonchev–Trinajstić information content (AvgIpc) is 1.75. The second-order valence-electron chi connectivity index (χ2n) is 0.930. The zero-order valence-electron chi connectivity index (χ0n) is 2.53. The highest BCUT2D eigenvalue weighted by Crippen LogP contribution is 2.19. The third kappa shape index (κ3) is 0.514. The molecule has 1 rings (SSSR count). The second kappa shape index (κ2) is 0.776. The summed E-state index contributed by atoms with van der Waals surface area (Å²) in [5, 5.41) is 0. The molecule has 1 aliphatic rings. The predicted octanol–water partition coefficient (Wildman–Crippen LogP) is 1.16. The summed E-state index contributed by atoms with van der Waals surface area (Å²) in [7, 11) is 0. The normalized spacial score (nSPS) is 37.8. The molecule has 1 aliphatic heterocycles. The van der Waals surface area contributed by atoms with Crippen LogP contribution in [-0.4, -0.2) is 7.94 Å². The fourth-order valence-corrected chi connectivity index (χ4v) is 0.488. The van der Waals surface area contributed by atoms with E-state index in [4.69, 9.17) is 0 Å². The Morgan fingerprint density at radius 1 is 2.00 bits per heavy atom. The molecule has 24 valence electrons. The molecule has 0 fully saturated rings. The summed E-state index contributed by atoms with van der Waals surface area (Å²) < 4.78 is 3.47. The summed E-state index contributed by atoms with van der Waals surface area (Å²) in [6, 6.07) is 0. The van der Waals surface area contributed by atoms with Crippen LogP contribution in [0.1, 0.15) is 6.92 Å². The summed E-state index contributed by atoms with van der Waals surface area (Å²) in [6.07, 6.45) is 0. The van der Waals surface area contributed by atoms with Crippen LogP contribution in [0.3, 0.4) is 0 Å². The van der Waals surface area contributed by atoms with E-state index in [0.717, 1.165) is 3.92 Å². The molecule has 0 saturated heterocycles. The van der Waals surface area contributed by atoms with Gasteiger partial charge in [-0.15, -0.1) is 20.7 Å². The van der Waals surface area contributed by atoms with Gasteiger partial charge in [0.2, 0.25) is 0 Å². The molecule has 1 heteroatoms. The van der Waals surface area contributed by atoms with Crippen LogP contribution in [0.25, 0.3) is 0 Å². The molecular weight excluding hydrogens is 163 g/mol. The Hall–Kier alpha value is 0.600. The van der Waals surface area contributed by atoms with Crippen LogP contribution in [0, 0.1) is 0 Å². The van der Waals surface area contributed by atoms with Gasteiger partial charge in [-0.05, 0) is 10.9 Å². The minimum Gasteiger partial charge on any atom is -0.118 e. The molecular formula is C3H5I. The van der Waals surface area contributed by atoms with Gasteiger partial charge >= 0.3 is 0 Å². The third-order valence-electron chi connectivity index (χ3n) is 0.378. The lowest BCUT2D eigenvalue weighted by atomic mass is 10.6. The molecule has 0 bridgehead atoms. The SMILES string of the molecule is CC1C=I1. The van der Waals surface area contributed by atoms with E-state index < -0.39 is 0 Å². The average molecular weight is 168 g/mol. The lowest BCUT2D eigenvalue weighted by Gasteiger charge is -1.55. The van der Waals surface area contributed by atoms with Gasteiger partial charge in [0.25, 0.3) is 0 Å². The number of rotatable bonds is 0. The quantitative estimate of drug-likeness (QED) is 0.376. The van der Waals surface area contributed by atoms with Crippen LogP contribution in [0.15, 0.2) is 0 Å². The molecule has 0 aromatic carbocycles. The Kier molecular flexibility index (Phi) is 0.547. The van der Waals surface area contributed by atoms with Gasteiger partial charge in [-0.3, -0.25) is 0 Å². The summed E-state index contributed by atoms with van der Waals surface area (Å²) in [5.41, 5.74) is 0. The standard InChI is InChI=1S/C3H5I/c1-3-2-4-3/h2-3H,1H3. The number of alkyl halides is 1. The van der Waals surface area contributed by atoms with Crippen LogP contribution in [-0.2, 0) is 0 Å². The molecule has 1 atom stereocenters. The maximum atomic E-state index is 2.40. The van der Waals surface area contributed by atoms with Crippen molar-refractivity contribution in [3.8, 4) is 0 Å². The van der Waals surface area contributed by atoms with Crippen LogP contribution >= 0.6 is 20.7 Å². The van der Waals surface area contributed by atoms with Gasteiger partial charge in [0, 0.05) is 3.92 Å². The summed E-state index contributed by atoms with van der Waals surface area (Å²) >= 11 is 0.652. The summed E-state index contributed by atoms with van der Waals surface area (Å²) in [6.45, 7) is 2.27. The molecule has 0 saturated carbocycles. The minimum atomic E-state index is 0.652. The van der Waals surface area contributed by atoms with Gasteiger partial charge < -0.3 is 0 Å². The largest absolute Gasteiger partial charge is 0.118 e. The van der Waals surface area contributed by atoms with Crippen molar-refractivity contribution in [1.29, 1.82) is 0 Å². The van der Waals surface area contributed by atoms with E-state index in [2.05, 4.69) is 10.9 Å². The highest BCUT2D eigenvalue weighted by Gasteiger charge is 1.99. The molecule has 4 heavy (non-hydrogen) atoms. The first-order chi connectivity index (χ1) is 1.89. The monoisotopic (exact) mass is 168 g/mol. The zero-order valence-corrected chi connectivity index (χ0v) is 4.69. The third-order valence-corrected chi connectivity index (χ3v) is 2.54. The van der Waals surface area contributed by atoms with Crippen LogP contribution in [0.2, 0.25) is 0 Å². The Labute approximate surface area is 36.0 Å². The molecule has 0 spiro atoms. The van der Waals surface area contributed by atoms with Crippen molar-refractivity contribution >= 4 is 24.7 Å². The van der Waals surface area contributed by atoms with E-state index in [1.807, 2.05) is 0 Å². The Morgan fingerprint density at radius 2 is 2.25 bits per heavy atom. The zero-order chi connectivity index (χ0) is 2.99. The van der Waals surface area contributed by atoms with Crippen molar-refractivity contribution in [2.45, 2.75) is 10.8 Å². The van der Waals surface area contributed by atoms with E-state index >= 15 is 0 Å². The second-order valence-corrected chi connectivity index (χ2v) is 4.33. The Balaban J connectivity index is 2.32. The van der Waals surface area contributed by atoms with Gasteiger partial charge in [0.15, 0.2) is 0 Å². The number of hydrogen-bond acceptors (Lipinski definition) is 0. The number of hydrogen-bond donors (Lipinski definition) is 0. The highest BCUT2D eigenvalue weighted by atomic mass is 127. The van der Waals surface area contributed by atoms with E-state index in [1.54, 1.807) is 0 Å². The smallest absolute Gasteiger partial charge is 0.0264 e. The summed E-state index contributed by atoms with van der Waals surface area (Å²) in [5.74, 6) is 0. The van der Waals surface area contributed by atoms with Gasteiger partial charge in [-0.1, -0.05) is 0 Å². The lowest BCUT2D eigenvalue weighted by molar-refractivity contribution is 1.45. The highest BCUT2D eigenvalue weighted by molar-refractivity contribution is 14.2. The van der Waals surface area contributed by atoms with E-state index in [9.17, 15) is 0 Å². The molecule has 1 heterocycles. The molecule has 0 radical (unpaired) electrons. The van der Waals surface area contributed by atoms with Crippen LogP contribution < -0.4 is 0 Å².